The fraction of sp³-hybridized carbons (Fsp3) is 0.417. The van der Waals surface area contributed by atoms with Gasteiger partial charge in [-0.05, 0) is 12.1 Å². The summed E-state index contributed by atoms with van der Waals surface area (Å²) in [4.78, 5) is 11.3. The van der Waals surface area contributed by atoms with Gasteiger partial charge < -0.3 is 15.4 Å². The number of rotatable bonds is 6. The highest BCUT2D eigenvalue weighted by Crippen LogP contribution is 2.25. The molecule has 0 saturated heterocycles. The van der Waals surface area contributed by atoms with Crippen LogP contribution in [0.3, 0.4) is 0 Å². The second-order valence-electron chi connectivity index (χ2n) is 3.94. The molecule has 1 aromatic carbocycles. The minimum absolute atomic E-state index is 0.247. The van der Waals surface area contributed by atoms with Crippen molar-refractivity contribution in [2.75, 3.05) is 25.5 Å². The highest BCUT2D eigenvalue weighted by Gasteiger charge is 2.27. The number of amides is 1. The molecule has 1 rings (SSSR count). The molecule has 0 fully saturated rings. The topological polar surface area (TPSA) is 50.4 Å². The minimum atomic E-state index is -4.41. The summed E-state index contributed by atoms with van der Waals surface area (Å²) in [7, 11) is 1.53. The van der Waals surface area contributed by atoms with Crippen molar-refractivity contribution in [2.24, 2.45) is 0 Å². The van der Waals surface area contributed by atoms with Crippen LogP contribution in [0.15, 0.2) is 22.7 Å². The Morgan fingerprint density at radius 2 is 2.10 bits per heavy atom. The molecule has 2 N–H and O–H groups in total. The molecule has 0 atom stereocenters. The molecule has 0 unspecified atom stereocenters. The van der Waals surface area contributed by atoms with Gasteiger partial charge in [0, 0.05) is 22.8 Å². The number of halogens is 4. The van der Waals surface area contributed by atoms with E-state index in [-0.39, 0.29) is 6.54 Å². The van der Waals surface area contributed by atoms with Crippen molar-refractivity contribution in [3.05, 3.63) is 28.2 Å². The lowest BCUT2D eigenvalue weighted by molar-refractivity contribution is -0.137. The minimum Gasteiger partial charge on any atom is -0.380 e. The van der Waals surface area contributed by atoms with Crippen molar-refractivity contribution in [3.63, 3.8) is 0 Å². The van der Waals surface area contributed by atoms with Crippen LogP contribution in [-0.2, 0) is 16.1 Å². The van der Waals surface area contributed by atoms with Gasteiger partial charge in [-0.2, -0.15) is 13.2 Å². The molecule has 0 saturated carbocycles. The summed E-state index contributed by atoms with van der Waals surface area (Å²) in [6.07, 6.45) is -4.41. The molecule has 0 heterocycles. The molecule has 4 nitrogen and oxygen atoms in total. The molecule has 0 spiro atoms. The molecule has 112 valence electrons. The van der Waals surface area contributed by atoms with Crippen LogP contribution in [-0.4, -0.2) is 32.3 Å². The Balaban J connectivity index is 2.57. The summed E-state index contributed by atoms with van der Waals surface area (Å²) in [6, 6.07) is 5.28. The molecule has 0 bridgehead atoms. The molecule has 0 aliphatic carbocycles. The molecule has 0 aliphatic rings. The summed E-state index contributed by atoms with van der Waals surface area (Å²) in [6.45, 7) is -1.27. The highest BCUT2D eigenvalue weighted by atomic mass is 79.9. The van der Waals surface area contributed by atoms with E-state index in [1.807, 2.05) is 6.07 Å². The maximum absolute atomic E-state index is 11.9. The van der Waals surface area contributed by atoms with Crippen LogP contribution in [0, 0.1) is 0 Å². The number of hydrogen-bond acceptors (Lipinski definition) is 3. The second-order valence-corrected chi connectivity index (χ2v) is 4.80. The average Bonchev–Trinajstić information content (AvgIpc) is 2.36. The smallest absolute Gasteiger partial charge is 0.380 e. The molecule has 0 aliphatic heterocycles. The normalized spacial score (nSPS) is 11.2. The maximum atomic E-state index is 11.9. The van der Waals surface area contributed by atoms with E-state index in [1.54, 1.807) is 17.4 Å². The van der Waals surface area contributed by atoms with Crippen LogP contribution in [0.4, 0.5) is 18.9 Å². The first kappa shape index (κ1) is 16.8. The molecule has 20 heavy (non-hydrogen) atoms. The van der Waals surface area contributed by atoms with Gasteiger partial charge in [0.2, 0.25) is 5.91 Å². The summed E-state index contributed by atoms with van der Waals surface area (Å²) >= 11 is 3.34. The van der Waals surface area contributed by atoms with Gasteiger partial charge in [-0.25, -0.2) is 0 Å². The van der Waals surface area contributed by atoms with Crippen LogP contribution < -0.4 is 10.6 Å². The zero-order valence-corrected chi connectivity index (χ0v) is 12.3. The number of alkyl halides is 3. The van der Waals surface area contributed by atoms with Gasteiger partial charge in [0.1, 0.15) is 6.54 Å². The quantitative estimate of drug-likeness (QED) is 0.825. The number of hydrogen-bond donors (Lipinski definition) is 2. The Morgan fingerprint density at radius 1 is 1.40 bits per heavy atom. The fourth-order valence-corrected chi connectivity index (χ4v) is 1.93. The van der Waals surface area contributed by atoms with Gasteiger partial charge in [-0.1, -0.05) is 22.0 Å². The van der Waals surface area contributed by atoms with Crippen molar-refractivity contribution in [3.8, 4) is 0 Å². The lowest BCUT2D eigenvalue weighted by atomic mass is 10.2. The standard InChI is InChI=1S/C12H14BrF3N2O2/c1-20-6-8-9(13)3-2-4-10(8)17-5-11(19)18-7-12(14,15)16/h2-4,17H,5-7H2,1H3,(H,18,19). The van der Waals surface area contributed by atoms with Crippen LogP contribution >= 0.6 is 15.9 Å². The zero-order valence-electron chi connectivity index (χ0n) is 10.7. The van der Waals surface area contributed by atoms with Gasteiger partial charge in [0.25, 0.3) is 0 Å². The molecule has 0 radical (unpaired) electrons. The first-order chi connectivity index (χ1) is 9.33. The monoisotopic (exact) mass is 354 g/mol. The number of carbonyl (C=O) groups is 1. The Bertz CT molecular complexity index is 467. The summed E-state index contributed by atoms with van der Waals surface area (Å²) < 4.78 is 41.6. The third-order valence-corrected chi connectivity index (χ3v) is 3.08. The summed E-state index contributed by atoms with van der Waals surface area (Å²) in [5.41, 5.74) is 1.42. The zero-order chi connectivity index (χ0) is 15.2. The third-order valence-electron chi connectivity index (χ3n) is 2.33. The number of anilines is 1. The van der Waals surface area contributed by atoms with E-state index >= 15 is 0 Å². The first-order valence-electron chi connectivity index (χ1n) is 5.67. The van der Waals surface area contributed by atoms with Crippen molar-refractivity contribution >= 4 is 27.5 Å². The number of ether oxygens (including phenoxy) is 1. The summed E-state index contributed by atoms with van der Waals surface area (Å²) in [5.74, 6) is -0.731. The number of methoxy groups -OCH3 is 1. The SMILES string of the molecule is COCc1c(Br)cccc1NCC(=O)NCC(F)(F)F. The van der Waals surface area contributed by atoms with Gasteiger partial charge in [-0.15, -0.1) is 0 Å². The van der Waals surface area contributed by atoms with Gasteiger partial charge in [0.05, 0.1) is 13.2 Å². The van der Waals surface area contributed by atoms with Crippen LogP contribution in [0.1, 0.15) is 5.56 Å². The second kappa shape index (κ2) is 7.49. The average molecular weight is 355 g/mol. The van der Waals surface area contributed by atoms with Crippen LogP contribution in [0.25, 0.3) is 0 Å². The fourth-order valence-electron chi connectivity index (χ4n) is 1.45. The van der Waals surface area contributed by atoms with Crippen LogP contribution in [0.2, 0.25) is 0 Å². The van der Waals surface area contributed by atoms with E-state index in [2.05, 4.69) is 21.2 Å². The number of carbonyl (C=O) groups excluding carboxylic acids is 1. The highest BCUT2D eigenvalue weighted by molar-refractivity contribution is 9.10. The Labute approximate surface area is 122 Å². The lowest BCUT2D eigenvalue weighted by Crippen LogP contribution is -2.37. The maximum Gasteiger partial charge on any atom is 0.405 e. The van der Waals surface area contributed by atoms with E-state index in [4.69, 9.17) is 4.74 Å². The van der Waals surface area contributed by atoms with E-state index in [0.717, 1.165) is 10.0 Å². The predicted octanol–water partition coefficient (Wildman–Crippen LogP) is 2.69. The Kier molecular flexibility index (Phi) is 6.28. The van der Waals surface area contributed by atoms with Crippen LogP contribution in [0.5, 0.6) is 0 Å². The molecule has 1 amide bonds. The van der Waals surface area contributed by atoms with E-state index in [1.165, 1.54) is 7.11 Å². The molecule has 1 aromatic rings. The van der Waals surface area contributed by atoms with Gasteiger partial charge >= 0.3 is 6.18 Å². The molecular formula is C12H14BrF3N2O2. The van der Waals surface area contributed by atoms with Crippen molar-refractivity contribution in [1.82, 2.24) is 5.32 Å². The molecule has 0 aromatic heterocycles. The van der Waals surface area contributed by atoms with E-state index in [0.29, 0.717) is 12.3 Å². The van der Waals surface area contributed by atoms with Crippen molar-refractivity contribution < 1.29 is 22.7 Å². The van der Waals surface area contributed by atoms with Crippen molar-refractivity contribution in [2.45, 2.75) is 12.8 Å². The Hall–Kier alpha value is -1.28. The van der Waals surface area contributed by atoms with Gasteiger partial charge in [-0.3, -0.25) is 4.79 Å². The first-order valence-corrected chi connectivity index (χ1v) is 6.46. The number of nitrogens with one attached hydrogen (secondary N) is 2. The third kappa shape index (κ3) is 5.79. The van der Waals surface area contributed by atoms with E-state index < -0.39 is 18.6 Å². The lowest BCUT2D eigenvalue weighted by Gasteiger charge is -2.13. The van der Waals surface area contributed by atoms with Gasteiger partial charge in [0.15, 0.2) is 0 Å². The Morgan fingerprint density at radius 3 is 2.70 bits per heavy atom. The molecule has 8 heteroatoms. The largest absolute Gasteiger partial charge is 0.405 e. The summed E-state index contributed by atoms with van der Waals surface area (Å²) in [5, 5.41) is 4.58. The number of benzene rings is 1. The molecular weight excluding hydrogens is 341 g/mol. The predicted molar refractivity (Wildman–Crippen MR) is 72.4 cm³/mol. The van der Waals surface area contributed by atoms with E-state index in [9.17, 15) is 18.0 Å². The van der Waals surface area contributed by atoms with Crippen molar-refractivity contribution in [1.29, 1.82) is 0 Å².